The van der Waals surface area contributed by atoms with Crippen molar-refractivity contribution >= 4 is 5.91 Å². The number of methoxy groups -OCH3 is 1. The minimum absolute atomic E-state index is 0.196. The number of amides is 1. The van der Waals surface area contributed by atoms with Crippen molar-refractivity contribution in [2.24, 2.45) is 11.3 Å². The first-order valence-electron chi connectivity index (χ1n) is 9.92. The highest BCUT2D eigenvalue weighted by atomic mass is 16.5. The molecule has 2 aliphatic heterocycles. The molecule has 3 aliphatic rings. The summed E-state index contributed by atoms with van der Waals surface area (Å²) in [5.41, 5.74) is 1.51. The smallest absolute Gasteiger partial charge is 0.226 e. The van der Waals surface area contributed by atoms with Crippen LogP contribution in [0.4, 0.5) is 0 Å². The molecule has 1 aliphatic carbocycles. The number of likely N-dealkylation sites (tertiary alicyclic amines) is 1. The molecule has 5 heteroatoms. The highest BCUT2D eigenvalue weighted by molar-refractivity contribution is 5.80. The van der Waals surface area contributed by atoms with E-state index >= 15 is 0 Å². The number of benzene rings is 1. The van der Waals surface area contributed by atoms with Gasteiger partial charge in [-0.15, -0.1) is 0 Å². The van der Waals surface area contributed by atoms with Gasteiger partial charge in [0.1, 0.15) is 5.75 Å². The van der Waals surface area contributed by atoms with Gasteiger partial charge in [-0.1, -0.05) is 18.6 Å². The Balaban J connectivity index is 1.40. The molecule has 1 spiro atoms. The summed E-state index contributed by atoms with van der Waals surface area (Å²) in [6.07, 6.45) is 4.61. The number of morpholine rings is 1. The molecule has 0 aromatic heterocycles. The van der Waals surface area contributed by atoms with Gasteiger partial charge < -0.3 is 14.4 Å². The molecular formula is C21H30N2O3. The molecule has 2 heterocycles. The zero-order valence-electron chi connectivity index (χ0n) is 15.8. The number of rotatable bonds is 4. The lowest BCUT2D eigenvalue weighted by Gasteiger charge is -2.36. The first-order chi connectivity index (χ1) is 12.7. The molecule has 0 unspecified atom stereocenters. The summed E-state index contributed by atoms with van der Waals surface area (Å²) in [7, 11) is 1.70. The second-order valence-electron chi connectivity index (χ2n) is 8.05. The molecule has 4 rings (SSSR count). The van der Waals surface area contributed by atoms with Gasteiger partial charge in [-0.3, -0.25) is 9.69 Å². The monoisotopic (exact) mass is 358 g/mol. The van der Waals surface area contributed by atoms with Crippen molar-refractivity contribution in [3.05, 3.63) is 29.8 Å². The Kier molecular flexibility index (Phi) is 5.18. The summed E-state index contributed by atoms with van der Waals surface area (Å²) < 4.78 is 10.7. The van der Waals surface area contributed by atoms with Crippen LogP contribution in [0, 0.1) is 11.3 Å². The van der Waals surface area contributed by atoms with Crippen LogP contribution in [0.1, 0.15) is 31.2 Å². The van der Waals surface area contributed by atoms with Gasteiger partial charge in [0.05, 0.1) is 20.3 Å². The standard InChI is InChI=1S/C21H30N2O3/c1-25-18-6-4-17(5-7-18)15-22-10-9-21(16-22)8-2-3-19(21)20(24)23-11-13-26-14-12-23/h4-7,19H,2-3,8-16H2,1H3/t19-,21-/m1/s1. The molecule has 1 aromatic carbocycles. The van der Waals surface area contributed by atoms with Crippen LogP contribution < -0.4 is 4.74 Å². The second-order valence-corrected chi connectivity index (χ2v) is 8.05. The lowest BCUT2D eigenvalue weighted by molar-refractivity contribution is -0.143. The zero-order valence-corrected chi connectivity index (χ0v) is 15.8. The van der Waals surface area contributed by atoms with Crippen molar-refractivity contribution in [1.82, 2.24) is 9.80 Å². The van der Waals surface area contributed by atoms with E-state index in [1.165, 1.54) is 18.4 Å². The van der Waals surface area contributed by atoms with Crippen molar-refractivity contribution in [1.29, 1.82) is 0 Å². The van der Waals surface area contributed by atoms with E-state index in [0.29, 0.717) is 19.1 Å². The van der Waals surface area contributed by atoms with Gasteiger partial charge in [0.25, 0.3) is 0 Å². The largest absolute Gasteiger partial charge is 0.497 e. The van der Waals surface area contributed by atoms with Crippen LogP contribution in [0.15, 0.2) is 24.3 Å². The Hall–Kier alpha value is -1.59. The lowest BCUT2D eigenvalue weighted by Crippen LogP contribution is -2.47. The molecule has 3 fully saturated rings. The molecular weight excluding hydrogens is 328 g/mol. The first-order valence-corrected chi connectivity index (χ1v) is 9.92. The number of hydrogen-bond donors (Lipinski definition) is 0. The van der Waals surface area contributed by atoms with Gasteiger partial charge in [-0.05, 0) is 48.9 Å². The molecule has 142 valence electrons. The maximum absolute atomic E-state index is 13.1. The summed E-state index contributed by atoms with van der Waals surface area (Å²) in [6.45, 7) is 6.02. The highest BCUT2D eigenvalue weighted by Gasteiger charge is 2.51. The summed E-state index contributed by atoms with van der Waals surface area (Å²) in [5, 5.41) is 0. The van der Waals surface area contributed by atoms with E-state index in [1.807, 2.05) is 17.0 Å². The van der Waals surface area contributed by atoms with Crippen molar-refractivity contribution in [3.63, 3.8) is 0 Å². The third kappa shape index (κ3) is 3.47. The minimum Gasteiger partial charge on any atom is -0.497 e. The molecule has 1 amide bonds. The van der Waals surface area contributed by atoms with E-state index in [9.17, 15) is 4.79 Å². The third-order valence-electron chi connectivity index (χ3n) is 6.56. The fourth-order valence-corrected chi connectivity index (χ4v) is 5.12. The summed E-state index contributed by atoms with van der Waals surface area (Å²) >= 11 is 0. The zero-order chi connectivity index (χ0) is 18.0. The predicted molar refractivity (Wildman–Crippen MR) is 100 cm³/mol. The predicted octanol–water partition coefficient (Wildman–Crippen LogP) is 2.55. The number of nitrogens with zero attached hydrogens (tertiary/aromatic N) is 2. The normalized spacial score (nSPS) is 29.4. The number of hydrogen-bond acceptors (Lipinski definition) is 4. The van der Waals surface area contributed by atoms with E-state index in [-0.39, 0.29) is 11.3 Å². The fraction of sp³-hybridized carbons (Fsp3) is 0.667. The number of carbonyl (C=O) groups excluding carboxylic acids is 1. The summed E-state index contributed by atoms with van der Waals surface area (Å²) in [5.74, 6) is 1.50. The summed E-state index contributed by atoms with van der Waals surface area (Å²) in [4.78, 5) is 17.7. The van der Waals surface area contributed by atoms with Gasteiger partial charge in [0.15, 0.2) is 0 Å². The van der Waals surface area contributed by atoms with E-state index < -0.39 is 0 Å². The maximum atomic E-state index is 13.1. The average molecular weight is 358 g/mol. The van der Waals surface area contributed by atoms with E-state index in [2.05, 4.69) is 17.0 Å². The van der Waals surface area contributed by atoms with E-state index in [0.717, 1.165) is 51.3 Å². The van der Waals surface area contributed by atoms with Crippen molar-refractivity contribution in [3.8, 4) is 5.75 Å². The molecule has 1 aromatic rings. The Morgan fingerprint density at radius 2 is 1.96 bits per heavy atom. The third-order valence-corrected chi connectivity index (χ3v) is 6.56. The van der Waals surface area contributed by atoms with E-state index in [1.54, 1.807) is 7.11 Å². The molecule has 0 bridgehead atoms. The lowest BCUT2D eigenvalue weighted by atomic mass is 9.76. The average Bonchev–Trinajstić information content (AvgIpc) is 3.29. The van der Waals surface area contributed by atoms with Crippen LogP contribution in [0.5, 0.6) is 5.75 Å². The number of ether oxygens (including phenoxy) is 2. The topological polar surface area (TPSA) is 42.0 Å². The first kappa shape index (κ1) is 17.8. The molecule has 0 radical (unpaired) electrons. The maximum Gasteiger partial charge on any atom is 0.226 e. The molecule has 2 atom stereocenters. The molecule has 1 saturated carbocycles. The van der Waals surface area contributed by atoms with Crippen LogP contribution in [0.25, 0.3) is 0 Å². The molecule has 0 N–H and O–H groups in total. The Morgan fingerprint density at radius 3 is 2.69 bits per heavy atom. The van der Waals surface area contributed by atoms with Gasteiger partial charge in [-0.25, -0.2) is 0 Å². The van der Waals surface area contributed by atoms with Gasteiger partial charge >= 0.3 is 0 Å². The number of carbonyl (C=O) groups is 1. The second kappa shape index (κ2) is 7.57. The van der Waals surface area contributed by atoms with Crippen molar-refractivity contribution < 1.29 is 14.3 Å². The van der Waals surface area contributed by atoms with Crippen LogP contribution in [0.2, 0.25) is 0 Å². The highest BCUT2D eigenvalue weighted by Crippen LogP contribution is 2.50. The van der Waals surface area contributed by atoms with Crippen LogP contribution in [0.3, 0.4) is 0 Å². The Morgan fingerprint density at radius 1 is 1.19 bits per heavy atom. The van der Waals surface area contributed by atoms with Crippen LogP contribution in [-0.4, -0.2) is 62.2 Å². The minimum atomic E-state index is 0.196. The summed E-state index contributed by atoms with van der Waals surface area (Å²) in [6, 6.07) is 8.35. The van der Waals surface area contributed by atoms with Crippen LogP contribution >= 0.6 is 0 Å². The SMILES string of the molecule is COc1ccc(CN2CC[C@]3(CCC[C@@H]3C(=O)N3CCOCC3)C2)cc1. The van der Waals surface area contributed by atoms with Crippen molar-refractivity contribution in [2.75, 3.05) is 46.5 Å². The van der Waals surface area contributed by atoms with Crippen molar-refractivity contribution in [2.45, 2.75) is 32.2 Å². The Bertz CT molecular complexity index is 627. The van der Waals surface area contributed by atoms with Gasteiger partial charge in [0, 0.05) is 32.1 Å². The Labute approximate surface area is 156 Å². The van der Waals surface area contributed by atoms with Crippen LogP contribution in [-0.2, 0) is 16.1 Å². The molecule has 2 saturated heterocycles. The van der Waals surface area contributed by atoms with Gasteiger partial charge in [-0.2, -0.15) is 0 Å². The van der Waals surface area contributed by atoms with Gasteiger partial charge in [0.2, 0.25) is 5.91 Å². The quantitative estimate of drug-likeness (QED) is 0.830. The molecule has 5 nitrogen and oxygen atoms in total. The molecule has 26 heavy (non-hydrogen) atoms. The van der Waals surface area contributed by atoms with E-state index in [4.69, 9.17) is 9.47 Å². The fourth-order valence-electron chi connectivity index (χ4n) is 5.12.